The molecule has 1 saturated heterocycles. The molecule has 1 aromatic carbocycles. The van der Waals surface area contributed by atoms with E-state index in [4.69, 9.17) is 0 Å². The highest BCUT2D eigenvalue weighted by Crippen LogP contribution is 2.13. The first kappa shape index (κ1) is 14.5. The second-order valence-electron chi connectivity index (χ2n) is 4.92. The van der Waals surface area contributed by atoms with Gasteiger partial charge < -0.3 is 15.1 Å². The highest BCUT2D eigenvalue weighted by molar-refractivity contribution is 5.94. The number of nitrogens with zero attached hydrogens (tertiary/aromatic N) is 2. The molecule has 0 unspecified atom stereocenters. The van der Waals surface area contributed by atoms with Crippen LogP contribution in [0.3, 0.4) is 0 Å². The van der Waals surface area contributed by atoms with Crippen molar-refractivity contribution in [2.24, 2.45) is 0 Å². The Bertz CT molecular complexity index is 455. The molecule has 0 saturated carbocycles. The molecule has 20 heavy (non-hydrogen) atoms. The maximum atomic E-state index is 12.1. The number of nitrogens with one attached hydrogen (secondary N) is 1. The lowest BCUT2D eigenvalue weighted by Gasteiger charge is -2.27. The van der Waals surface area contributed by atoms with Crippen molar-refractivity contribution in [1.82, 2.24) is 10.2 Å². The Morgan fingerprint density at radius 3 is 2.45 bits per heavy atom. The van der Waals surface area contributed by atoms with Crippen molar-refractivity contribution in [1.29, 1.82) is 0 Å². The molecular formula is C15H21N3O2. The van der Waals surface area contributed by atoms with Gasteiger partial charge in [-0.15, -0.1) is 0 Å². The predicted molar refractivity (Wildman–Crippen MR) is 78.5 cm³/mol. The van der Waals surface area contributed by atoms with Crippen molar-refractivity contribution in [2.75, 3.05) is 38.1 Å². The van der Waals surface area contributed by atoms with Crippen LogP contribution in [0.1, 0.15) is 12.8 Å². The lowest BCUT2D eigenvalue weighted by molar-refractivity contribution is -0.133. The van der Waals surface area contributed by atoms with Gasteiger partial charge in [0, 0.05) is 51.8 Å². The summed E-state index contributed by atoms with van der Waals surface area (Å²) >= 11 is 0. The third-order valence-electron chi connectivity index (χ3n) is 3.54. The van der Waals surface area contributed by atoms with E-state index in [1.165, 1.54) is 0 Å². The molecule has 2 amide bonds. The highest BCUT2D eigenvalue weighted by Gasteiger charge is 2.18. The van der Waals surface area contributed by atoms with Crippen LogP contribution < -0.4 is 10.2 Å². The number of benzene rings is 1. The number of carbonyl (C=O) groups is 2. The minimum absolute atomic E-state index is 0.0281. The molecule has 5 heteroatoms. The van der Waals surface area contributed by atoms with E-state index in [0.717, 1.165) is 31.9 Å². The Morgan fingerprint density at radius 1 is 1.15 bits per heavy atom. The summed E-state index contributed by atoms with van der Waals surface area (Å²) in [6.07, 6.45) is 0.546. The molecule has 1 fully saturated rings. The van der Waals surface area contributed by atoms with Gasteiger partial charge in [0.05, 0.1) is 0 Å². The molecule has 1 aromatic rings. The summed E-state index contributed by atoms with van der Waals surface area (Å²) in [4.78, 5) is 27.5. The number of para-hydroxylation sites is 1. The number of amides is 2. The summed E-state index contributed by atoms with van der Waals surface area (Å²) in [5, 5.41) is 3.21. The SMILES string of the molecule is CN(C(=O)CCC(=O)N1CCNCC1)c1ccccc1. The van der Waals surface area contributed by atoms with Gasteiger partial charge in [0.25, 0.3) is 0 Å². The van der Waals surface area contributed by atoms with E-state index in [1.54, 1.807) is 11.9 Å². The van der Waals surface area contributed by atoms with E-state index in [9.17, 15) is 9.59 Å². The molecule has 1 heterocycles. The highest BCUT2D eigenvalue weighted by atomic mass is 16.2. The van der Waals surface area contributed by atoms with Gasteiger partial charge in [-0.25, -0.2) is 0 Å². The fourth-order valence-corrected chi connectivity index (χ4v) is 2.25. The first-order chi connectivity index (χ1) is 9.68. The number of hydrogen-bond donors (Lipinski definition) is 1. The Morgan fingerprint density at radius 2 is 1.80 bits per heavy atom. The van der Waals surface area contributed by atoms with E-state index in [0.29, 0.717) is 0 Å². The van der Waals surface area contributed by atoms with Gasteiger partial charge in [0.15, 0.2) is 0 Å². The summed E-state index contributed by atoms with van der Waals surface area (Å²) in [7, 11) is 1.74. The molecule has 1 aliphatic rings. The monoisotopic (exact) mass is 275 g/mol. The predicted octanol–water partition coefficient (Wildman–Crippen LogP) is 0.861. The molecule has 0 radical (unpaired) electrons. The second-order valence-corrected chi connectivity index (χ2v) is 4.92. The molecule has 0 atom stereocenters. The van der Waals surface area contributed by atoms with E-state index >= 15 is 0 Å². The van der Waals surface area contributed by atoms with Crippen LogP contribution >= 0.6 is 0 Å². The smallest absolute Gasteiger partial charge is 0.227 e. The van der Waals surface area contributed by atoms with Crippen molar-refractivity contribution in [3.05, 3.63) is 30.3 Å². The molecule has 108 valence electrons. The molecule has 1 N–H and O–H groups in total. The van der Waals surface area contributed by atoms with E-state index < -0.39 is 0 Å². The molecule has 2 rings (SSSR count). The fourth-order valence-electron chi connectivity index (χ4n) is 2.25. The number of rotatable bonds is 4. The van der Waals surface area contributed by atoms with Crippen LogP contribution in [0.15, 0.2) is 30.3 Å². The van der Waals surface area contributed by atoms with Gasteiger partial charge in [0.1, 0.15) is 0 Å². The van der Waals surface area contributed by atoms with Crippen molar-refractivity contribution in [3.63, 3.8) is 0 Å². The lowest BCUT2D eigenvalue weighted by Crippen LogP contribution is -2.46. The Hall–Kier alpha value is -1.88. The zero-order valence-electron chi connectivity index (χ0n) is 11.8. The molecular weight excluding hydrogens is 254 g/mol. The van der Waals surface area contributed by atoms with Crippen LogP contribution in [0.2, 0.25) is 0 Å². The van der Waals surface area contributed by atoms with Gasteiger partial charge in [0.2, 0.25) is 11.8 Å². The van der Waals surface area contributed by atoms with Crippen LogP contribution in [0.25, 0.3) is 0 Å². The molecule has 1 aliphatic heterocycles. The Kier molecular flexibility index (Phi) is 5.12. The van der Waals surface area contributed by atoms with Gasteiger partial charge >= 0.3 is 0 Å². The average Bonchev–Trinajstić information content (AvgIpc) is 2.53. The normalized spacial score (nSPS) is 14.9. The van der Waals surface area contributed by atoms with Crippen LogP contribution in [0.4, 0.5) is 5.69 Å². The van der Waals surface area contributed by atoms with Crippen molar-refractivity contribution in [3.8, 4) is 0 Å². The van der Waals surface area contributed by atoms with Gasteiger partial charge in [-0.1, -0.05) is 18.2 Å². The largest absolute Gasteiger partial charge is 0.340 e. The standard InChI is InChI=1S/C15H21N3O2/c1-17(13-5-3-2-4-6-13)14(19)7-8-15(20)18-11-9-16-10-12-18/h2-6,16H,7-12H2,1H3. The third kappa shape index (κ3) is 3.81. The van der Waals surface area contributed by atoms with Crippen molar-refractivity contribution < 1.29 is 9.59 Å². The summed E-state index contributed by atoms with van der Waals surface area (Å²) in [5.41, 5.74) is 0.854. The van der Waals surface area contributed by atoms with Crippen LogP contribution in [0, 0.1) is 0 Å². The molecule has 0 bridgehead atoms. The Labute approximate surface area is 119 Å². The first-order valence-electron chi connectivity index (χ1n) is 6.98. The third-order valence-corrected chi connectivity index (χ3v) is 3.54. The average molecular weight is 275 g/mol. The zero-order chi connectivity index (χ0) is 14.4. The molecule has 0 aromatic heterocycles. The number of anilines is 1. The zero-order valence-corrected chi connectivity index (χ0v) is 11.8. The quantitative estimate of drug-likeness (QED) is 0.887. The summed E-state index contributed by atoms with van der Waals surface area (Å²) in [5.74, 6) is 0.0426. The van der Waals surface area contributed by atoms with Crippen molar-refractivity contribution >= 4 is 17.5 Å². The fraction of sp³-hybridized carbons (Fsp3) is 0.467. The van der Waals surface area contributed by atoms with Crippen LogP contribution in [-0.4, -0.2) is 49.9 Å². The summed E-state index contributed by atoms with van der Waals surface area (Å²) < 4.78 is 0. The number of carbonyl (C=O) groups excluding carboxylic acids is 2. The van der Waals surface area contributed by atoms with Crippen LogP contribution in [-0.2, 0) is 9.59 Å². The molecule has 0 spiro atoms. The number of hydrogen-bond acceptors (Lipinski definition) is 3. The maximum absolute atomic E-state index is 12.1. The summed E-state index contributed by atoms with van der Waals surface area (Å²) in [6, 6.07) is 9.47. The van der Waals surface area contributed by atoms with Gasteiger partial charge in [-0.3, -0.25) is 9.59 Å². The first-order valence-corrected chi connectivity index (χ1v) is 6.98. The maximum Gasteiger partial charge on any atom is 0.227 e. The molecule has 5 nitrogen and oxygen atoms in total. The van der Waals surface area contributed by atoms with E-state index in [1.807, 2.05) is 35.2 Å². The summed E-state index contributed by atoms with van der Waals surface area (Å²) in [6.45, 7) is 3.15. The van der Waals surface area contributed by atoms with Gasteiger partial charge in [-0.2, -0.15) is 0 Å². The Balaban J connectivity index is 1.81. The second kappa shape index (κ2) is 7.05. The minimum Gasteiger partial charge on any atom is -0.340 e. The van der Waals surface area contributed by atoms with Gasteiger partial charge in [-0.05, 0) is 12.1 Å². The minimum atomic E-state index is -0.0281. The topological polar surface area (TPSA) is 52.7 Å². The lowest BCUT2D eigenvalue weighted by atomic mass is 10.2. The van der Waals surface area contributed by atoms with Crippen LogP contribution in [0.5, 0.6) is 0 Å². The van der Waals surface area contributed by atoms with E-state index in [-0.39, 0.29) is 24.7 Å². The number of piperazine rings is 1. The van der Waals surface area contributed by atoms with Crippen molar-refractivity contribution in [2.45, 2.75) is 12.8 Å². The van der Waals surface area contributed by atoms with E-state index in [2.05, 4.69) is 5.32 Å². The molecule has 0 aliphatic carbocycles.